The number of carboxylic acids is 1. The zero-order valence-corrected chi connectivity index (χ0v) is 20.8. The monoisotopic (exact) mass is 480 g/mol. The Morgan fingerprint density at radius 3 is 2.11 bits per heavy atom. The Balaban J connectivity index is 1.49. The zero-order chi connectivity index (χ0) is 25.4. The molecule has 0 heterocycles. The van der Waals surface area contributed by atoms with Gasteiger partial charge in [0.05, 0.1) is 5.92 Å². The minimum absolute atomic E-state index is 0.00131. The number of carboxylic acid groups (broad SMARTS) is 1. The number of fused-ring (bicyclic) bond motifs is 3. The summed E-state index contributed by atoms with van der Waals surface area (Å²) < 4.78 is 5.61. The van der Waals surface area contributed by atoms with Gasteiger partial charge in [-0.25, -0.2) is 4.79 Å². The van der Waals surface area contributed by atoms with Gasteiger partial charge in [0.1, 0.15) is 6.61 Å². The molecule has 0 saturated carbocycles. The molecule has 1 unspecified atom stereocenters. The molecule has 0 spiro atoms. The fraction of sp³-hybridized carbons (Fsp3) is 0.464. The summed E-state index contributed by atoms with van der Waals surface area (Å²) in [6.07, 6.45) is 0.941. The van der Waals surface area contributed by atoms with Crippen molar-refractivity contribution in [1.29, 1.82) is 0 Å². The van der Waals surface area contributed by atoms with Gasteiger partial charge in [-0.2, -0.15) is 0 Å². The van der Waals surface area contributed by atoms with Crippen molar-refractivity contribution < 1.29 is 24.2 Å². The van der Waals surface area contributed by atoms with Crippen molar-refractivity contribution in [2.24, 2.45) is 17.8 Å². The summed E-state index contributed by atoms with van der Waals surface area (Å²) in [4.78, 5) is 35.8. The van der Waals surface area contributed by atoms with Crippen LogP contribution in [0.25, 0.3) is 11.1 Å². The Kier molecular flexibility index (Phi) is 9.29. The summed E-state index contributed by atoms with van der Waals surface area (Å²) in [7, 11) is 0. The van der Waals surface area contributed by atoms with E-state index < -0.39 is 18.0 Å². The second kappa shape index (κ2) is 12.4. The largest absolute Gasteiger partial charge is 0.481 e. The molecule has 2 amide bonds. The molecule has 0 radical (unpaired) electrons. The van der Waals surface area contributed by atoms with Gasteiger partial charge in [-0.1, -0.05) is 69.3 Å². The standard InChI is InChI=1S/C28H36N2O5/c1-18(2)14-20(15-26(31)29-13-12-19(3)27(32)33)16-30-28(34)35-17-25-23-10-6-4-8-21(23)22-9-5-7-11-24(22)25/h4-11,18-20,25H,12-17H2,1-3H3,(H,29,31)(H,30,34)(H,32,33)/t19?,20-/m0/s1. The maximum Gasteiger partial charge on any atom is 0.407 e. The van der Waals surface area contributed by atoms with Gasteiger partial charge in [-0.15, -0.1) is 0 Å². The van der Waals surface area contributed by atoms with E-state index in [-0.39, 0.29) is 30.8 Å². The van der Waals surface area contributed by atoms with Gasteiger partial charge < -0.3 is 20.5 Å². The Morgan fingerprint density at radius 2 is 1.54 bits per heavy atom. The number of amides is 2. The van der Waals surface area contributed by atoms with E-state index in [0.717, 1.165) is 17.5 Å². The second-order valence-electron chi connectivity index (χ2n) is 9.78. The number of carbonyl (C=O) groups excluding carboxylic acids is 2. The number of nitrogens with one attached hydrogen (secondary N) is 2. The van der Waals surface area contributed by atoms with Crippen LogP contribution >= 0.6 is 0 Å². The maximum absolute atomic E-state index is 12.5. The average Bonchev–Trinajstić information content (AvgIpc) is 3.14. The summed E-state index contributed by atoms with van der Waals surface area (Å²) in [5, 5.41) is 14.6. The molecule has 7 heteroatoms. The minimum atomic E-state index is -0.871. The van der Waals surface area contributed by atoms with E-state index in [0.29, 0.717) is 25.4 Å². The summed E-state index contributed by atoms with van der Waals surface area (Å²) in [6.45, 7) is 6.68. The van der Waals surface area contributed by atoms with Gasteiger partial charge in [-0.3, -0.25) is 9.59 Å². The van der Waals surface area contributed by atoms with Crippen LogP contribution in [0.3, 0.4) is 0 Å². The highest BCUT2D eigenvalue weighted by Crippen LogP contribution is 2.44. The number of hydrogen-bond acceptors (Lipinski definition) is 4. The molecule has 2 atom stereocenters. The van der Waals surface area contributed by atoms with Crippen molar-refractivity contribution in [2.75, 3.05) is 19.7 Å². The lowest BCUT2D eigenvalue weighted by Gasteiger charge is -2.20. The van der Waals surface area contributed by atoms with E-state index in [1.165, 1.54) is 11.1 Å². The van der Waals surface area contributed by atoms with Crippen LogP contribution < -0.4 is 10.6 Å². The number of alkyl carbamates (subject to hydrolysis) is 1. The van der Waals surface area contributed by atoms with E-state index in [1.54, 1.807) is 6.92 Å². The zero-order valence-electron chi connectivity index (χ0n) is 20.8. The third-order valence-electron chi connectivity index (χ3n) is 6.48. The number of hydrogen-bond donors (Lipinski definition) is 3. The van der Waals surface area contributed by atoms with Gasteiger partial charge in [-0.05, 0) is 46.9 Å². The molecule has 2 aromatic carbocycles. The van der Waals surface area contributed by atoms with Crippen molar-refractivity contribution in [3.63, 3.8) is 0 Å². The van der Waals surface area contributed by atoms with Crippen LogP contribution in [0.5, 0.6) is 0 Å². The van der Waals surface area contributed by atoms with E-state index in [4.69, 9.17) is 9.84 Å². The molecule has 3 N–H and O–H groups in total. The molecule has 0 aromatic heterocycles. The molecular formula is C28H36N2O5. The Hall–Kier alpha value is -3.35. The highest BCUT2D eigenvalue weighted by atomic mass is 16.5. The van der Waals surface area contributed by atoms with Crippen LogP contribution in [-0.4, -0.2) is 42.8 Å². The predicted octanol–water partition coefficient (Wildman–Crippen LogP) is 4.80. The van der Waals surface area contributed by atoms with Gasteiger partial charge >= 0.3 is 12.1 Å². The van der Waals surface area contributed by atoms with Crippen LogP contribution in [0.4, 0.5) is 4.79 Å². The van der Waals surface area contributed by atoms with Crippen LogP contribution in [0.15, 0.2) is 48.5 Å². The molecule has 1 aliphatic carbocycles. The molecule has 0 aliphatic heterocycles. The predicted molar refractivity (Wildman–Crippen MR) is 135 cm³/mol. The van der Waals surface area contributed by atoms with Crippen LogP contribution in [0.1, 0.15) is 57.1 Å². The van der Waals surface area contributed by atoms with Gasteiger partial charge in [0.25, 0.3) is 0 Å². The summed E-state index contributed by atoms with van der Waals surface area (Å²) >= 11 is 0. The summed E-state index contributed by atoms with van der Waals surface area (Å²) in [5.41, 5.74) is 4.68. The number of aliphatic carboxylic acids is 1. The Labute approximate surface area is 207 Å². The van der Waals surface area contributed by atoms with E-state index in [1.807, 2.05) is 24.3 Å². The first-order valence-corrected chi connectivity index (χ1v) is 12.3. The molecule has 0 bridgehead atoms. The summed E-state index contributed by atoms with van der Waals surface area (Å²) in [5.74, 6) is -1.18. The van der Waals surface area contributed by atoms with Crippen molar-refractivity contribution >= 4 is 18.0 Å². The fourth-order valence-electron chi connectivity index (χ4n) is 4.67. The van der Waals surface area contributed by atoms with Gasteiger partial charge in [0.2, 0.25) is 5.91 Å². The van der Waals surface area contributed by atoms with Crippen molar-refractivity contribution in [2.45, 2.75) is 46.0 Å². The van der Waals surface area contributed by atoms with Crippen LogP contribution in [-0.2, 0) is 14.3 Å². The Bertz CT molecular complexity index is 990. The van der Waals surface area contributed by atoms with Gasteiger partial charge in [0, 0.05) is 25.4 Å². The van der Waals surface area contributed by atoms with Crippen LogP contribution in [0.2, 0.25) is 0 Å². The fourth-order valence-corrected chi connectivity index (χ4v) is 4.67. The highest BCUT2D eigenvalue weighted by molar-refractivity contribution is 5.79. The molecule has 188 valence electrons. The molecule has 7 nitrogen and oxygen atoms in total. The average molecular weight is 481 g/mol. The number of benzene rings is 2. The van der Waals surface area contributed by atoms with Crippen LogP contribution in [0, 0.1) is 17.8 Å². The van der Waals surface area contributed by atoms with Gasteiger partial charge in [0.15, 0.2) is 0 Å². The molecule has 0 saturated heterocycles. The topological polar surface area (TPSA) is 105 Å². The summed E-state index contributed by atoms with van der Waals surface area (Å²) in [6, 6.07) is 16.4. The molecule has 35 heavy (non-hydrogen) atoms. The number of ether oxygens (including phenoxy) is 1. The quantitative estimate of drug-likeness (QED) is 0.405. The number of carbonyl (C=O) groups is 3. The van der Waals surface area contributed by atoms with Crippen molar-refractivity contribution in [3.8, 4) is 11.1 Å². The SMILES string of the molecule is CC(C)C[C@H](CNC(=O)OCC1c2ccccc2-c2ccccc21)CC(=O)NCCC(C)C(=O)O. The normalized spacial score (nSPS) is 14.1. The third-order valence-corrected chi connectivity index (χ3v) is 6.48. The lowest BCUT2D eigenvalue weighted by Crippen LogP contribution is -2.35. The second-order valence-corrected chi connectivity index (χ2v) is 9.78. The molecule has 0 fully saturated rings. The lowest BCUT2D eigenvalue weighted by molar-refractivity contribution is -0.141. The first kappa shape index (κ1) is 26.3. The van der Waals surface area contributed by atoms with Crippen molar-refractivity contribution in [1.82, 2.24) is 10.6 Å². The highest BCUT2D eigenvalue weighted by Gasteiger charge is 2.29. The maximum atomic E-state index is 12.5. The first-order chi connectivity index (χ1) is 16.8. The van der Waals surface area contributed by atoms with E-state index in [9.17, 15) is 14.4 Å². The molecular weight excluding hydrogens is 444 g/mol. The smallest absolute Gasteiger partial charge is 0.407 e. The third kappa shape index (κ3) is 7.31. The molecule has 2 aromatic rings. The Morgan fingerprint density at radius 1 is 0.943 bits per heavy atom. The lowest BCUT2D eigenvalue weighted by atomic mass is 9.93. The first-order valence-electron chi connectivity index (χ1n) is 12.3. The van der Waals surface area contributed by atoms with E-state index >= 15 is 0 Å². The minimum Gasteiger partial charge on any atom is -0.481 e. The van der Waals surface area contributed by atoms with E-state index in [2.05, 4.69) is 48.7 Å². The molecule has 3 rings (SSSR count). The molecule has 1 aliphatic rings. The van der Waals surface area contributed by atoms with Crippen molar-refractivity contribution in [3.05, 3.63) is 59.7 Å². The number of rotatable bonds is 12.